The van der Waals surface area contributed by atoms with Crippen LogP contribution in [0.25, 0.3) is 5.57 Å². The Balaban J connectivity index is 1.20. The van der Waals surface area contributed by atoms with Crippen LogP contribution in [-0.4, -0.2) is 42.4 Å². The third-order valence-electron chi connectivity index (χ3n) is 7.74. The number of benzene rings is 2. The summed E-state index contributed by atoms with van der Waals surface area (Å²) in [6.45, 7) is 3.88. The highest BCUT2D eigenvalue weighted by Gasteiger charge is 2.39. The summed E-state index contributed by atoms with van der Waals surface area (Å²) in [6, 6.07) is 19.4. The summed E-state index contributed by atoms with van der Waals surface area (Å²) in [5, 5.41) is 0. The van der Waals surface area contributed by atoms with Crippen molar-refractivity contribution in [2.75, 3.05) is 32.5 Å². The van der Waals surface area contributed by atoms with Crippen molar-refractivity contribution >= 4 is 17.3 Å². The number of methoxy groups -OCH3 is 1. The Hall–Kier alpha value is -2.76. The molecular formula is C30H32N2O2S. The SMILES string of the molecule is COc1ccc2c(c1)/C(=C/CCN1CCC3(CC1)SCCc1ccccc13)c1cccnc1CO2. The molecule has 0 N–H and O–H groups in total. The van der Waals surface area contributed by atoms with Crippen LogP contribution in [-0.2, 0) is 17.8 Å². The van der Waals surface area contributed by atoms with Crippen molar-refractivity contribution in [3.8, 4) is 11.5 Å². The first-order chi connectivity index (χ1) is 17.3. The molecule has 4 heterocycles. The number of aryl methyl sites for hydroxylation is 1. The average molecular weight is 485 g/mol. The smallest absolute Gasteiger partial charge is 0.131 e. The molecule has 1 fully saturated rings. The summed E-state index contributed by atoms with van der Waals surface area (Å²) in [5.41, 5.74) is 7.61. The first-order valence-electron chi connectivity index (χ1n) is 12.7. The molecule has 3 aromatic rings. The molecule has 0 amide bonds. The zero-order valence-corrected chi connectivity index (χ0v) is 21.2. The van der Waals surface area contributed by atoms with Crippen LogP contribution in [0, 0.1) is 0 Å². The van der Waals surface area contributed by atoms with Gasteiger partial charge in [0.2, 0.25) is 0 Å². The van der Waals surface area contributed by atoms with E-state index in [0.717, 1.165) is 54.4 Å². The Morgan fingerprint density at radius 1 is 1.09 bits per heavy atom. The van der Waals surface area contributed by atoms with Gasteiger partial charge < -0.3 is 14.4 Å². The Morgan fingerprint density at radius 2 is 1.97 bits per heavy atom. The molecule has 180 valence electrons. The topological polar surface area (TPSA) is 34.6 Å². The molecule has 3 aliphatic heterocycles. The molecular weight excluding hydrogens is 452 g/mol. The summed E-state index contributed by atoms with van der Waals surface area (Å²) in [6.07, 6.45) is 8.92. The standard InChI is InChI=1S/C30H32N2O2S/c1-33-23-10-11-29-26(20-23)24(25-7-4-15-31-28(25)21-34-29)8-5-16-32-17-13-30(14-18-32)27-9-3-2-6-22(27)12-19-35-30/h2-4,6-11,15,20H,5,12-14,16-19,21H2,1H3/b24-8+. The van der Waals surface area contributed by atoms with Gasteiger partial charge in [0.15, 0.2) is 0 Å². The van der Waals surface area contributed by atoms with Gasteiger partial charge in [-0.25, -0.2) is 0 Å². The second-order valence-corrected chi connectivity index (χ2v) is 11.1. The highest BCUT2D eigenvalue weighted by atomic mass is 32.2. The lowest BCUT2D eigenvalue weighted by Crippen LogP contribution is -2.42. The van der Waals surface area contributed by atoms with Gasteiger partial charge in [-0.15, -0.1) is 11.8 Å². The van der Waals surface area contributed by atoms with Gasteiger partial charge >= 0.3 is 0 Å². The lowest BCUT2D eigenvalue weighted by Gasteiger charge is -2.45. The number of pyridine rings is 1. The van der Waals surface area contributed by atoms with E-state index in [1.54, 1.807) is 18.2 Å². The van der Waals surface area contributed by atoms with Crippen LogP contribution in [0.4, 0.5) is 0 Å². The molecule has 0 radical (unpaired) electrons. The fraction of sp³-hybridized carbons (Fsp3) is 0.367. The molecule has 1 spiro atoms. The van der Waals surface area contributed by atoms with Crippen molar-refractivity contribution in [1.29, 1.82) is 0 Å². The predicted molar refractivity (Wildman–Crippen MR) is 143 cm³/mol. The molecule has 3 aliphatic rings. The maximum absolute atomic E-state index is 6.12. The summed E-state index contributed by atoms with van der Waals surface area (Å²) in [5.74, 6) is 2.99. The lowest BCUT2D eigenvalue weighted by atomic mass is 9.84. The molecule has 0 bridgehead atoms. The minimum atomic E-state index is 0.322. The number of likely N-dealkylation sites (tertiary alicyclic amines) is 1. The number of fused-ring (bicyclic) bond motifs is 4. The third kappa shape index (κ3) is 4.36. The first-order valence-corrected chi connectivity index (χ1v) is 13.6. The van der Waals surface area contributed by atoms with Gasteiger partial charge in [-0.05, 0) is 85.5 Å². The number of nitrogens with zero attached hydrogens (tertiary/aromatic N) is 2. The van der Waals surface area contributed by atoms with E-state index in [4.69, 9.17) is 9.47 Å². The summed E-state index contributed by atoms with van der Waals surface area (Å²) in [4.78, 5) is 7.25. The Bertz CT molecular complexity index is 1250. The quantitative estimate of drug-likeness (QED) is 0.448. The van der Waals surface area contributed by atoms with E-state index in [2.05, 4.69) is 64.1 Å². The molecule has 1 aromatic heterocycles. The fourth-order valence-corrected chi connectivity index (χ4v) is 7.38. The summed E-state index contributed by atoms with van der Waals surface area (Å²) in [7, 11) is 1.71. The van der Waals surface area contributed by atoms with Crippen LogP contribution in [0.2, 0.25) is 0 Å². The van der Waals surface area contributed by atoms with Crippen molar-refractivity contribution in [1.82, 2.24) is 9.88 Å². The molecule has 0 unspecified atom stereocenters. The van der Waals surface area contributed by atoms with Gasteiger partial charge in [0, 0.05) is 28.6 Å². The molecule has 1 saturated heterocycles. The largest absolute Gasteiger partial charge is 0.497 e. The van der Waals surface area contributed by atoms with Gasteiger partial charge in [0.25, 0.3) is 0 Å². The van der Waals surface area contributed by atoms with E-state index in [1.165, 1.54) is 30.6 Å². The maximum Gasteiger partial charge on any atom is 0.131 e. The molecule has 0 saturated carbocycles. The van der Waals surface area contributed by atoms with Crippen molar-refractivity contribution in [2.45, 2.75) is 37.0 Å². The van der Waals surface area contributed by atoms with Crippen molar-refractivity contribution in [2.24, 2.45) is 0 Å². The molecule has 0 aliphatic carbocycles. The maximum atomic E-state index is 6.12. The Labute approximate surface area is 212 Å². The Kier molecular flexibility index (Phi) is 6.29. The second-order valence-electron chi connectivity index (χ2n) is 9.65. The normalized spacial score (nSPS) is 19.9. The number of piperidine rings is 1. The summed E-state index contributed by atoms with van der Waals surface area (Å²) >= 11 is 2.20. The van der Waals surface area contributed by atoms with Crippen molar-refractivity contribution in [3.63, 3.8) is 0 Å². The highest BCUT2D eigenvalue weighted by molar-refractivity contribution is 8.00. The first kappa shape index (κ1) is 22.7. The van der Waals surface area contributed by atoms with Crippen molar-refractivity contribution in [3.05, 3.63) is 94.8 Å². The minimum absolute atomic E-state index is 0.322. The van der Waals surface area contributed by atoms with E-state index in [0.29, 0.717) is 11.4 Å². The molecule has 2 aromatic carbocycles. The van der Waals surface area contributed by atoms with Gasteiger partial charge in [-0.2, -0.15) is 0 Å². The Morgan fingerprint density at radius 3 is 2.86 bits per heavy atom. The molecule has 5 heteroatoms. The minimum Gasteiger partial charge on any atom is -0.497 e. The van der Waals surface area contributed by atoms with Crippen LogP contribution >= 0.6 is 11.8 Å². The van der Waals surface area contributed by atoms with Gasteiger partial charge in [-0.1, -0.05) is 36.4 Å². The van der Waals surface area contributed by atoms with E-state index in [9.17, 15) is 0 Å². The van der Waals surface area contributed by atoms with Gasteiger partial charge in [0.1, 0.15) is 18.1 Å². The number of ether oxygens (including phenoxy) is 2. The average Bonchev–Trinajstić information content (AvgIpc) is 3.07. The van der Waals surface area contributed by atoms with E-state index >= 15 is 0 Å². The number of thioether (sulfide) groups is 1. The van der Waals surface area contributed by atoms with E-state index in [-0.39, 0.29) is 0 Å². The van der Waals surface area contributed by atoms with Crippen LogP contribution < -0.4 is 9.47 Å². The highest BCUT2D eigenvalue weighted by Crippen LogP contribution is 2.49. The molecule has 0 atom stereocenters. The third-order valence-corrected chi connectivity index (χ3v) is 9.33. The number of rotatable bonds is 4. The van der Waals surface area contributed by atoms with Crippen LogP contribution in [0.3, 0.4) is 0 Å². The van der Waals surface area contributed by atoms with E-state index < -0.39 is 0 Å². The predicted octanol–water partition coefficient (Wildman–Crippen LogP) is 6.09. The van der Waals surface area contributed by atoms with E-state index in [1.807, 2.05) is 24.4 Å². The fourth-order valence-electron chi connectivity index (χ4n) is 5.84. The second kappa shape index (κ2) is 9.71. The van der Waals surface area contributed by atoms with Gasteiger partial charge in [-0.3, -0.25) is 4.98 Å². The lowest BCUT2D eigenvalue weighted by molar-refractivity contribution is 0.202. The molecule has 6 rings (SSSR count). The number of aromatic nitrogens is 1. The number of hydrogen-bond donors (Lipinski definition) is 0. The zero-order chi connectivity index (χ0) is 23.7. The van der Waals surface area contributed by atoms with Gasteiger partial charge in [0.05, 0.1) is 12.8 Å². The van der Waals surface area contributed by atoms with Crippen molar-refractivity contribution < 1.29 is 9.47 Å². The van der Waals surface area contributed by atoms with Crippen LogP contribution in [0.1, 0.15) is 47.2 Å². The summed E-state index contributed by atoms with van der Waals surface area (Å²) < 4.78 is 12.0. The monoisotopic (exact) mass is 484 g/mol. The zero-order valence-electron chi connectivity index (χ0n) is 20.3. The van der Waals surface area contributed by atoms with Crippen LogP contribution in [0.5, 0.6) is 11.5 Å². The molecule has 35 heavy (non-hydrogen) atoms. The molecule has 4 nitrogen and oxygen atoms in total. The number of hydrogen-bond acceptors (Lipinski definition) is 5. The van der Waals surface area contributed by atoms with Crippen LogP contribution in [0.15, 0.2) is 66.9 Å².